The molecule has 0 fully saturated rings. The first-order valence-corrected chi connectivity index (χ1v) is 6.59. The molecular weight excluding hydrogens is 261 g/mol. The Morgan fingerprint density at radius 1 is 1.40 bits per heavy atom. The first-order chi connectivity index (χ1) is 9.56. The Balaban J connectivity index is 2.85. The molecule has 0 amide bonds. The van der Waals surface area contributed by atoms with Gasteiger partial charge in [-0.05, 0) is 36.7 Å². The number of benzene rings is 1. The van der Waals surface area contributed by atoms with Gasteiger partial charge >= 0.3 is 5.97 Å². The van der Waals surface area contributed by atoms with E-state index in [0.29, 0.717) is 13.1 Å². The third-order valence-electron chi connectivity index (χ3n) is 2.83. The van der Waals surface area contributed by atoms with Crippen molar-refractivity contribution in [3.63, 3.8) is 0 Å². The highest BCUT2D eigenvalue weighted by atomic mass is 19.1. The number of hydrogen-bond donors (Lipinski definition) is 2. The molecule has 0 spiro atoms. The Bertz CT molecular complexity index is 468. The van der Waals surface area contributed by atoms with Gasteiger partial charge in [-0.15, -0.1) is 0 Å². The summed E-state index contributed by atoms with van der Waals surface area (Å²) < 4.78 is 13.6. The zero-order chi connectivity index (χ0) is 15.0. The number of carboxylic acid groups (broad SMARTS) is 1. The van der Waals surface area contributed by atoms with Crippen LogP contribution in [-0.2, 0) is 11.3 Å². The summed E-state index contributed by atoms with van der Waals surface area (Å²) >= 11 is 0. The molecule has 1 rings (SSSR count). The minimum Gasteiger partial charge on any atom is -0.478 e. The molecule has 0 aliphatic rings. The molecule has 0 saturated heterocycles. The largest absolute Gasteiger partial charge is 0.478 e. The number of aliphatic hydroxyl groups is 1. The summed E-state index contributed by atoms with van der Waals surface area (Å²) in [6.45, 7) is 4.13. The van der Waals surface area contributed by atoms with E-state index in [0.717, 1.165) is 24.6 Å². The molecule has 0 unspecified atom stereocenters. The number of carboxylic acids is 1. The lowest BCUT2D eigenvalue weighted by molar-refractivity contribution is -0.131. The maximum absolute atomic E-state index is 13.6. The Hall–Kier alpha value is -1.72. The molecular formula is C15H20FNO3. The van der Waals surface area contributed by atoms with Crippen molar-refractivity contribution in [3.05, 3.63) is 41.2 Å². The fourth-order valence-corrected chi connectivity index (χ4v) is 1.97. The van der Waals surface area contributed by atoms with Crippen LogP contribution in [0.1, 0.15) is 24.5 Å². The third-order valence-corrected chi connectivity index (χ3v) is 2.83. The Kier molecular flexibility index (Phi) is 6.90. The molecule has 20 heavy (non-hydrogen) atoms. The second-order valence-corrected chi connectivity index (χ2v) is 4.53. The van der Waals surface area contributed by atoms with E-state index in [4.69, 9.17) is 10.2 Å². The van der Waals surface area contributed by atoms with Gasteiger partial charge in [-0.1, -0.05) is 13.0 Å². The van der Waals surface area contributed by atoms with E-state index in [1.54, 1.807) is 12.1 Å². The Labute approximate surface area is 118 Å². The zero-order valence-electron chi connectivity index (χ0n) is 11.6. The fraction of sp³-hybridized carbons (Fsp3) is 0.400. The van der Waals surface area contributed by atoms with E-state index in [9.17, 15) is 9.18 Å². The maximum atomic E-state index is 13.6. The summed E-state index contributed by atoms with van der Waals surface area (Å²) in [5.74, 6) is -1.56. The van der Waals surface area contributed by atoms with Crippen LogP contribution in [-0.4, -0.2) is 40.8 Å². The number of carbonyl (C=O) groups is 1. The predicted molar refractivity (Wildman–Crippen MR) is 75.7 cm³/mol. The van der Waals surface area contributed by atoms with Crippen LogP contribution < -0.4 is 0 Å². The van der Waals surface area contributed by atoms with Gasteiger partial charge in [0.1, 0.15) is 5.82 Å². The molecule has 0 aliphatic heterocycles. The van der Waals surface area contributed by atoms with Crippen LogP contribution >= 0.6 is 0 Å². The summed E-state index contributed by atoms with van der Waals surface area (Å²) in [7, 11) is 0. The number of aliphatic carboxylic acids is 1. The van der Waals surface area contributed by atoms with Crippen molar-refractivity contribution in [1.82, 2.24) is 4.90 Å². The van der Waals surface area contributed by atoms with Crippen LogP contribution in [0.2, 0.25) is 0 Å². The zero-order valence-corrected chi connectivity index (χ0v) is 11.6. The van der Waals surface area contributed by atoms with Gasteiger partial charge in [0.15, 0.2) is 0 Å². The van der Waals surface area contributed by atoms with E-state index >= 15 is 0 Å². The van der Waals surface area contributed by atoms with E-state index in [1.807, 2.05) is 0 Å². The first-order valence-electron chi connectivity index (χ1n) is 6.59. The fourth-order valence-electron chi connectivity index (χ4n) is 1.97. The Morgan fingerprint density at radius 2 is 2.15 bits per heavy atom. The smallest absolute Gasteiger partial charge is 0.328 e. The molecule has 0 aromatic heterocycles. The summed E-state index contributed by atoms with van der Waals surface area (Å²) in [6.07, 6.45) is 3.13. The van der Waals surface area contributed by atoms with Crippen LogP contribution in [0.25, 0.3) is 6.08 Å². The monoisotopic (exact) mass is 281 g/mol. The van der Waals surface area contributed by atoms with Crippen LogP contribution in [0.3, 0.4) is 0 Å². The van der Waals surface area contributed by atoms with Crippen LogP contribution in [0.5, 0.6) is 0 Å². The summed E-state index contributed by atoms with van der Waals surface area (Å²) in [6, 6.07) is 4.64. The molecule has 0 heterocycles. The van der Waals surface area contributed by atoms with Gasteiger partial charge in [0.2, 0.25) is 0 Å². The van der Waals surface area contributed by atoms with Gasteiger partial charge in [0, 0.05) is 24.7 Å². The number of aliphatic hydroxyl groups excluding tert-OH is 1. The molecule has 5 heteroatoms. The van der Waals surface area contributed by atoms with Crippen molar-refractivity contribution in [2.45, 2.75) is 19.9 Å². The molecule has 2 N–H and O–H groups in total. The molecule has 4 nitrogen and oxygen atoms in total. The molecule has 0 aliphatic carbocycles. The van der Waals surface area contributed by atoms with Crippen LogP contribution in [0.15, 0.2) is 24.3 Å². The lowest BCUT2D eigenvalue weighted by Gasteiger charge is -2.20. The quantitative estimate of drug-likeness (QED) is 0.717. The van der Waals surface area contributed by atoms with Gasteiger partial charge in [0.05, 0.1) is 6.61 Å². The standard InChI is InChI=1S/C15H20FNO3/c1-2-7-17(8-9-18)11-12-3-5-14(16)13(10-12)4-6-15(19)20/h3-6,10,18H,2,7-9,11H2,1H3,(H,19,20). The summed E-state index contributed by atoms with van der Waals surface area (Å²) in [4.78, 5) is 12.5. The minimum atomic E-state index is -1.11. The van der Waals surface area contributed by atoms with Crippen molar-refractivity contribution < 1.29 is 19.4 Å². The van der Waals surface area contributed by atoms with Gasteiger partial charge in [-0.25, -0.2) is 9.18 Å². The lowest BCUT2D eigenvalue weighted by atomic mass is 10.1. The average Bonchev–Trinajstić information content (AvgIpc) is 2.40. The minimum absolute atomic E-state index is 0.0764. The highest BCUT2D eigenvalue weighted by molar-refractivity contribution is 5.85. The topological polar surface area (TPSA) is 60.8 Å². The number of nitrogens with zero attached hydrogens (tertiary/aromatic N) is 1. The summed E-state index contributed by atoms with van der Waals surface area (Å²) in [5, 5.41) is 17.6. The first kappa shape index (κ1) is 16.3. The highest BCUT2D eigenvalue weighted by Crippen LogP contribution is 2.14. The van der Waals surface area contributed by atoms with Crippen molar-refractivity contribution in [3.8, 4) is 0 Å². The van der Waals surface area contributed by atoms with E-state index in [-0.39, 0.29) is 12.2 Å². The lowest BCUT2D eigenvalue weighted by Crippen LogP contribution is -2.27. The second-order valence-electron chi connectivity index (χ2n) is 4.53. The van der Waals surface area contributed by atoms with E-state index in [2.05, 4.69) is 11.8 Å². The van der Waals surface area contributed by atoms with Crippen molar-refractivity contribution in [2.75, 3.05) is 19.7 Å². The van der Waals surface area contributed by atoms with Crippen molar-refractivity contribution in [1.29, 1.82) is 0 Å². The van der Waals surface area contributed by atoms with Crippen molar-refractivity contribution >= 4 is 12.0 Å². The molecule has 0 atom stereocenters. The SMILES string of the molecule is CCCN(CCO)Cc1ccc(F)c(C=CC(=O)O)c1. The van der Waals surface area contributed by atoms with Gasteiger partial charge in [-0.2, -0.15) is 0 Å². The average molecular weight is 281 g/mol. The van der Waals surface area contributed by atoms with Crippen LogP contribution in [0, 0.1) is 5.82 Å². The molecule has 0 bridgehead atoms. The molecule has 1 aromatic rings. The van der Waals surface area contributed by atoms with Gasteiger partial charge in [-0.3, -0.25) is 4.90 Å². The van der Waals surface area contributed by atoms with Gasteiger partial charge < -0.3 is 10.2 Å². The molecule has 0 saturated carbocycles. The number of halogens is 1. The van der Waals surface area contributed by atoms with Gasteiger partial charge in [0.25, 0.3) is 0 Å². The van der Waals surface area contributed by atoms with E-state index < -0.39 is 11.8 Å². The second kappa shape index (κ2) is 8.45. The predicted octanol–water partition coefficient (Wildman–Crippen LogP) is 2.13. The Morgan fingerprint density at radius 3 is 2.75 bits per heavy atom. The third kappa shape index (κ3) is 5.50. The normalized spacial score (nSPS) is 11.4. The van der Waals surface area contributed by atoms with E-state index in [1.165, 1.54) is 12.1 Å². The van der Waals surface area contributed by atoms with Crippen LogP contribution in [0.4, 0.5) is 4.39 Å². The van der Waals surface area contributed by atoms with Crippen molar-refractivity contribution in [2.24, 2.45) is 0 Å². The molecule has 0 radical (unpaired) electrons. The highest BCUT2D eigenvalue weighted by Gasteiger charge is 2.07. The summed E-state index contributed by atoms with van der Waals surface area (Å²) in [5.41, 5.74) is 1.14. The number of rotatable bonds is 8. The molecule has 110 valence electrons. The molecule has 1 aromatic carbocycles. The maximum Gasteiger partial charge on any atom is 0.328 e. The number of hydrogen-bond acceptors (Lipinski definition) is 3.